The lowest BCUT2D eigenvalue weighted by atomic mass is 10.2. The number of aliphatic hydroxyl groups excluding tert-OH is 1. The number of aliphatic hydroxyl groups is 1. The summed E-state index contributed by atoms with van der Waals surface area (Å²) in [6.07, 6.45) is 0. The van der Waals surface area contributed by atoms with Crippen molar-refractivity contribution < 1.29 is 10.1 Å². The van der Waals surface area contributed by atoms with E-state index in [1.165, 1.54) is 0 Å². The summed E-state index contributed by atoms with van der Waals surface area (Å²) in [5.74, 6) is 0.727. The molecule has 0 radical (unpaired) electrons. The van der Waals surface area contributed by atoms with Crippen LogP contribution in [0.1, 0.15) is 26.6 Å². The average molecular weight is 441 g/mol. The molecule has 0 spiro atoms. The van der Waals surface area contributed by atoms with E-state index in [-0.39, 0.29) is 11.5 Å². The fourth-order valence-electron chi connectivity index (χ4n) is 3.22. The molecular formula is C23H30N5O2S+. The van der Waals surface area contributed by atoms with Gasteiger partial charge in [0, 0.05) is 30.1 Å². The molecule has 0 aliphatic carbocycles. The second kappa shape index (κ2) is 11.1. The first-order valence-electron chi connectivity index (χ1n) is 10.6. The highest BCUT2D eigenvalue weighted by atomic mass is 32.2. The van der Waals surface area contributed by atoms with Crippen molar-refractivity contribution in [3.8, 4) is 0 Å². The van der Waals surface area contributed by atoms with Gasteiger partial charge in [0.1, 0.15) is 12.4 Å². The summed E-state index contributed by atoms with van der Waals surface area (Å²) < 4.78 is 2.27. The van der Waals surface area contributed by atoms with Gasteiger partial charge in [-0.25, -0.2) is 9.29 Å². The van der Waals surface area contributed by atoms with E-state index in [1.54, 1.807) is 18.0 Å². The van der Waals surface area contributed by atoms with E-state index >= 15 is 0 Å². The normalized spacial score (nSPS) is 12.2. The molecule has 31 heavy (non-hydrogen) atoms. The summed E-state index contributed by atoms with van der Waals surface area (Å²) in [6.45, 7) is 9.71. The van der Waals surface area contributed by atoms with Gasteiger partial charge < -0.3 is 10.1 Å². The molecule has 0 bridgehead atoms. The zero-order valence-corrected chi connectivity index (χ0v) is 19.1. The first-order chi connectivity index (χ1) is 15.0. The lowest BCUT2D eigenvalue weighted by Crippen LogP contribution is -2.68. The Morgan fingerprint density at radius 2 is 1.77 bits per heavy atom. The number of hydrogen-bond donors (Lipinski definition) is 3. The number of para-hydroxylation sites is 1. The first-order valence-corrected chi connectivity index (χ1v) is 11.3. The van der Waals surface area contributed by atoms with E-state index in [9.17, 15) is 9.90 Å². The summed E-state index contributed by atoms with van der Waals surface area (Å²) in [6, 6.07) is 15.3. The minimum Gasteiger partial charge on any atom is -0.462 e. The van der Waals surface area contributed by atoms with Crippen LogP contribution in [0.25, 0.3) is 10.9 Å². The van der Waals surface area contributed by atoms with E-state index in [1.807, 2.05) is 54.3 Å². The maximum absolute atomic E-state index is 12.3. The van der Waals surface area contributed by atoms with Crippen molar-refractivity contribution in [2.45, 2.75) is 32.2 Å². The van der Waals surface area contributed by atoms with Gasteiger partial charge in [0.05, 0.1) is 17.4 Å². The number of rotatable bonds is 10. The Morgan fingerprint density at radius 1 is 1.06 bits per heavy atom. The van der Waals surface area contributed by atoms with Crippen LogP contribution < -0.4 is 10.6 Å². The molecule has 3 rings (SSSR count). The van der Waals surface area contributed by atoms with E-state index < -0.39 is 0 Å². The number of nitrogens with zero attached hydrogens (tertiary/aromatic N) is 3. The van der Waals surface area contributed by atoms with Crippen LogP contribution >= 0.6 is 11.9 Å². The van der Waals surface area contributed by atoms with Crippen LogP contribution in [0.2, 0.25) is 0 Å². The van der Waals surface area contributed by atoms with Gasteiger partial charge in [-0.05, 0) is 42.8 Å². The summed E-state index contributed by atoms with van der Waals surface area (Å²) >= 11 is 1.73. The van der Waals surface area contributed by atoms with Gasteiger partial charge in [0.15, 0.2) is 0 Å². The van der Waals surface area contributed by atoms with Gasteiger partial charge in [0.2, 0.25) is 5.69 Å². The Morgan fingerprint density at radius 3 is 2.45 bits per heavy atom. The predicted octanol–water partition coefficient (Wildman–Crippen LogP) is 2.46. The van der Waals surface area contributed by atoms with Crippen molar-refractivity contribution in [1.29, 1.82) is 0 Å². The van der Waals surface area contributed by atoms with Crippen molar-refractivity contribution in [1.82, 2.24) is 19.2 Å². The summed E-state index contributed by atoms with van der Waals surface area (Å²) in [5, 5.41) is 11.0. The Labute approximate surface area is 187 Å². The molecule has 1 heterocycles. The smallest absolute Gasteiger partial charge is 0.352 e. The van der Waals surface area contributed by atoms with E-state index in [4.69, 9.17) is 0 Å². The van der Waals surface area contributed by atoms with Crippen molar-refractivity contribution in [2.75, 3.05) is 26.2 Å². The molecule has 0 aliphatic heterocycles. The molecule has 0 fully saturated rings. The maximum Gasteiger partial charge on any atom is 0.352 e. The third-order valence-corrected chi connectivity index (χ3v) is 6.20. The number of H-pyrrole nitrogens is 1. The Kier molecular flexibility index (Phi) is 8.22. The van der Waals surface area contributed by atoms with Crippen LogP contribution in [0.5, 0.6) is 0 Å². The third kappa shape index (κ3) is 6.40. The summed E-state index contributed by atoms with van der Waals surface area (Å²) in [7, 11) is 0. The molecule has 3 N–H and O–H groups in total. The van der Waals surface area contributed by atoms with Gasteiger partial charge in [-0.1, -0.05) is 32.9 Å². The molecule has 1 aromatic heterocycles. The largest absolute Gasteiger partial charge is 0.462 e. The van der Waals surface area contributed by atoms with Crippen molar-refractivity contribution in [3.05, 3.63) is 64.7 Å². The lowest BCUT2D eigenvalue weighted by Gasteiger charge is -2.17. The minimum atomic E-state index is -0.148. The van der Waals surface area contributed by atoms with E-state index in [2.05, 4.69) is 33.1 Å². The molecule has 0 atom stereocenters. The SMILES string of the molecule is CCN(CC(O)=[NH+]c1ccc(SN(CC)CC)cc1)Cc1nc2ccccc2c(=O)[nH]1. The fraction of sp³-hybridized carbons (Fsp3) is 0.348. The van der Waals surface area contributed by atoms with Gasteiger partial charge in [-0.2, -0.15) is 4.99 Å². The molecule has 0 saturated heterocycles. The number of hydrogen-bond acceptors (Lipinski definition) is 5. The Balaban J connectivity index is 1.66. The Bertz CT molecular complexity index is 1080. The molecule has 0 saturated carbocycles. The molecule has 2 aromatic carbocycles. The monoisotopic (exact) mass is 440 g/mol. The molecule has 0 amide bonds. The van der Waals surface area contributed by atoms with Gasteiger partial charge in [-0.15, -0.1) is 0 Å². The molecule has 8 heteroatoms. The third-order valence-electron chi connectivity index (χ3n) is 4.94. The first kappa shape index (κ1) is 23.0. The highest BCUT2D eigenvalue weighted by molar-refractivity contribution is 7.97. The number of fused-ring (bicyclic) bond motifs is 1. The number of aromatic nitrogens is 2. The van der Waals surface area contributed by atoms with Gasteiger partial charge in [0.25, 0.3) is 5.56 Å². The lowest BCUT2D eigenvalue weighted by molar-refractivity contribution is -0.367. The predicted molar refractivity (Wildman–Crippen MR) is 127 cm³/mol. The molecule has 0 aliphatic rings. The van der Waals surface area contributed by atoms with Crippen molar-refractivity contribution >= 4 is 34.4 Å². The van der Waals surface area contributed by atoms with Gasteiger partial charge in [-0.3, -0.25) is 9.69 Å². The van der Waals surface area contributed by atoms with Crippen LogP contribution in [0.15, 0.2) is 58.2 Å². The van der Waals surface area contributed by atoms with Crippen LogP contribution in [0.4, 0.5) is 5.69 Å². The quantitative estimate of drug-likeness (QED) is 0.255. The standard InChI is InChI=1S/C23H29N5O2S/c1-4-27(15-21-25-20-10-8-7-9-19(20)23(30)26-21)16-22(29)24-17-11-13-18(14-12-17)31-28(5-2)6-3/h7-14H,4-6,15-16H2,1-3H3,(H,24,29)(H,25,26,30)/p+1. The Hall–Kier alpha value is -2.68. The van der Waals surface area contributed by atoms with Crippen LogP contribution in [0.3, 0.4) is 0 Å². The van der Waals surface area contributed by atoms with Crippen molar-refractivity contribution in [3.63, 3.8) is 0 Å². The van der Waals surface area contributed by atoms with Gasteiger partial charge >= 0.3 is 5.90 Å². The molecular weight excluding hydrogens is 410 g/mol. The van der Waals surface area contributed by atoms with E-state index in [0.29, 0.717) is 36.4 Å². The highest BCUT2D eigenvalue weighted by Crippen LogP contribution is 2.22. The molecule has 3 aromatic rings. The van der Waals surface area contributed by atoms with E-state index in [0.717, 1.165) is 23.7 Å². The minimum absolute atomic E-state index is 0.147. The topological polar surface area (TPSA) is 86.4 Å². The molecule has 7 nitrogen and oxygen atoms in total. The zero-order chi connectivity index (χ0) is 22.2. The second-order valence-corrected chi connectivity index (χ2v) is 8.31. The van der Waals surface area contributed by atoms with Crippen LogP contribution in [-0.2, 0) is 6.54 Å². The summed E-state index contributed by atoms with van der Waals surface area (Å²) in [4.78, 5) is 25.9. The number of likely N-dealkylation sites (N-methyl/N-ethyl adjacent to an activating group) is 1. The molecule has 0 unspecified atom stereocenters. The number of benzene rings is 2. The zero-order valence-electron chi connectivity index (χ0n) is 18.3. The molecule has 164 valence electrons. The van der Waals surface area contributed by atoms with Crippen molar-refractivity contribution in [2.24, 2.45) is 0 Å². The fourth-order valence-corrected chi connectivity index (χ4v) is 4.03. The van der Waals surface area contributed by atoms with Crippen LogP contribution in [0, 0.1) is 0 Å². The van der Waals surface area contributed by atoms with Crippen LogP contribution in [-0.4, -0.2) is 56.4 Å². The highest BCUT2D eigenvalue weighted by Gasteiger charge is 2.14. The summed E-state index contributed by atoms with van der Waals surface area (Å²) in [5.41, 5.74) is 1.35. The number of aromatic amines is 1. The number of nitrogens with one attached hydrogen (secondary N) is 2. The second-order valence-electron chi connectivity index (χ2n) is 7.13. The maximum atomic E-state index is 12.3. The average Bonchev–Trinajstić information content (AvgIpc) is 2.78.